The molecule has 6 nitrogen and oxygen atoms in total. The lowest BCUT2D eigenvalue weighted by Gasteiger charge is -2.52. The van der Waals surface area contributed by atoms with Gasteiger partial charge in [0.05, 0.1) is 20.3 Å². The summed E-state index contributed by atoms with van der Waals surface area (Å²) in [5.74, 6) is 0.843. The zero-order valence-electron chi connectivity index (χ0n) is 14.4. The monoisotopic (exact) mass is 355 g/mol. The van der Waals surface area contributed by atoms with Crippen molar-refractivity contribution in [3.05, 3.63) is 18.2 Å². The van der Waals surface area contributed by atoms with Crippen molar-refractivity contribution >= 4 is 10.0 Å². The lowest BCUT2D eigenvalue weighted by molar-refractivity contribution is -0.113. The maximum absolute atomic E-state index is 13.1. The number of benzene rings is 1. The van der Waals surface area contributed by atoms with Crippen LogP contribution in [0, 0.1) is 5.41 Å². The van der Waals surface area contributed by atoms with E-state index in [-0.39, 0.29) is 16.4 Å². The molecule has 1 heterocycles. The second kappa shape index (κ2) is 6.54. The first-order chi connectivity index (χ1) is 11.5. The summed E-state index contributed by atoms with van der Waals surface area (Å²) in [6.45, 7) is 1.03. The van der Waals surface area contributed by atoms with Crippen LogP contribution in [0.1, 0.15) is 25.7 Å². The van der Waals surface area contributed by atoms with Crippen LogP contribution < -0.4 is 9.47 Å². The first kappa shape index (κ1) is 17.5. The van der Waals surface area contributed by atoms with E-state index in [4.69, 9.17) is 14.2 Å². The number of hydrogen-bond donors (Lipinski definition) is 0. The standard InChI is InChI=1S/C17H25NO5S/c1-21-13-4-5-14(22-2)15(12-13)24(19,20)18-10-8-17(9-11-18)7-6-16(17)23-3/h4-5,12,16H,6-11H2,1-3H3. The fraction of sp³-hybridized carbons (Fsp3) is 0.647. The van der Waals surface area contributed by atoms with Crippen LogP contribution in [-0.2, 0) is 14.8 Å². The molecule has 1 saturated carbocycles. The molecule has 1 saturated heterocycles. The van der Waals surface area contributed by atoms with Crippen molar-refractivity contribution in [2.24, 2.45) is 5.41 Å². The Labute approximate surface area is 143 Å². The first-order valence-corrected chi connectivity index (χ1v) is 9.66. The molecule has 0 N–H and O–H groups in total. The highest BCUT2D eigenvalue weighted by molar-refractivity contribution is 7.89. The summed E-state index contributed by atoms with van der Waals surface area (Å²) in [6, 6.07) is 4.85. The van der Waals surface area contributed by atoms with Gasteiger partial charge in [0.1, 0.15) is 16.4 Å². The van der Waals surface area contributed by atoms with Gasteiger partial charge in [-0.25, -0.2) is 8.42 Å². The Morgan fingerprint density at radius 3 is 2.29 bits per heavy atom. The number of nitrogens with zero attached hydrogens (tertiary/aromatic N) is 1. The van der Waals surface area contributed by atoms with Crippen LogP contribution in [-0.4, -0.2) is 53.2 Å². The lowest BCUT2D eigenvalue weighted by Crippen LogP contribution is -2.53. The van der Waals surface area contributed by atoms with Crippen molar-refractivity contribution in [2.45, 2.75) is 36.7 Å². The minimum Gasteiger partial charge on any atom is -0.497 e. The molecule has 2 aliphatic rings. The molecule has 1 atom stereocenters. The van der Waals surface area contributed by atoms with Gasteiger partial charge in [0, 0.05) is 26.3 Å². The molecule has 24 heavy (non-hydrogen) atoms. The molecule has 7 heteroatoms. The van der Waals surface area contributed by atoms with Crippen molar-refractivity contribution in [3.63, 3.8) is 0 Å². The van der Waals surface area contributed by atoms with Gasteiger partial charge >= 0.3 is 0 Å². The third-order valence-electron chi connectivity index (χ3n) is 5.58. The van der Waals surface area contributed by atoms with E-state index in [2.05, 4.69) is 0 Å². The predicted octanol–water partition coefficient (Wildman–Crippen LogP) is 2.28. The molecule has 1 aromatic carbocycles. The predicted molar refractivity (Wildman–Crippen MR) is 90.0 cm³/mol. The first-order valence-electron chi connectivity index (χ1n) is 8.22. The zero-order chi connectivity index (χ0) is 17.4. The summed E-state index contributed by atoms with van der Waals surface area (Å²) in [4.78, 5) is 0.164. The van der Waals surface area contributed by atoms with Crippen LogP contribution in [0.4, 0.5) is 0 Å². The molecule has 0 bridgehead atoms. The number of piperidine rings is 1. The molecule has 1 aliphatic heterocycles. The molecule has 1 aromatic rings. The van der Waals surface area contributed by atoms with Gasteiger partial charge in [-0.15, -0.1) is 0 Å². The number of methoxy groups -OCH3 is 3. The zero-order valence-corrected chi connectivity index (χ0v) is 15.3. The van der Waals surface area contributed by atoms with Crippen LogP contribution in [0.5, 0.6) is 11.5 Å². The second-order valence-electron chi connectivity index (χ2n) is 6.55. The van der Waals surface area contributed by atoms with Crippen molar-refractivity contribution in [1.29, 1.82) is 0 Å². The summed E-state index contributed by atoms with van der Waals surface area (Å²) >= 11 is 0. The van der Waals surface area contributed by atoms with Crippen LogP contribution in [0.3, 0.4) is 0 Å². The van der Waals surface area contributed by atoms with E-state index in [0.29, 0.717) is 24.6 Å². The minimum atomic E-state index is -3.61. The molecule has 1 aliphatic carbocycles. The molecule has 0 radical (unpaired) electrons. The topological polar surface area (TPSA) is 65.1 Å². The average Bonchev–Trinajstić information content (AvgIpc) is 2.60. The fourth-order valence-corrected chi connectivity index (χ4v) is 5.52. The Morgan fingerprint density at radius 1 is 1.08 bits per heavy atom. The minimum absolute atomic E-state index is 0.164. The highest BCUT2D eigenvalue weighted by Gasteiger charge is 2.50. The quantitative estimate of drug-likeness (QED) is 0.811. The summed E-state index contributed by atoms with van der Waals surface area (Å²) in [7, 11) is 1.13. The highest BCUT2D eigenvalue weighted by Crippen LogP contribution is 2.51. The number of hydrogen-bond acceptors (Lipinski definition) is 5. The van der Waals surface area contributed by atoms with Gasteiger partial charge < -0.3 is 14.2 Å². The third-order valence-corrected chi connectivity index (χ3v) is 7.50. The van der Waals surface area contributed by atoms with E-state index in [0.717, 1.165) is 25.7 Å². The normalized spacial score (nSPS) is 23.7. The second-order valence-corrected chi connectivity index (χ2v) is 8.45. The Morgan fingerprint density at radius 2 is 1.79 bits per heavy atom. The van der Waals surface area contributed by atoms with E-state index >= 15 is 0 Å². The largest absolute Gasteiger partial charge is 0.497 e. The molecule has 0 aromatic heterocycles. The summed E-state index contributed by atoms with van der Waals surface area (Å²) < 4.78 is 43.6. The van der Waals surface area contributed by atoms with Gasteiger partial charge in [0.15, 0.2) is 0 Å². The molecule has 3 rings (SSSR count). The van der Waals surface area contributed by atoms with Crippen molar-refractivity contribution in [1.82, 2.24) is 4.31 Å². The van der Waals surface area contributed by atoms with Gasteiger partial charge in [-0.2, -0.15) is 4.31 Å². The van der Waals surface area contributed by atoms with Gasteiger partial charge in [-0.1, -0.05) is 0 Å². The van der Waals surface area contributed by atoms with Crippen LogP contribution in [0.25, 0.3) is 0 Å². The van der Waals surface area contributed by atoms with Crippen LogP contribution in [0.2, 0.25) is 0 Å². The summed E-state index contributed by atoms with van der Waals surface area (Å²) in [5.41, 5.74) is 0.166. The Kier molecular flexibility index (Phi) is 4.77. The maximum atomic E-state index is 13.1. The lowest BCUT2D eigenvalue weighted by atomic mass is 9.61. The van der Waals surface area contributed by atoms with Gasteiger partial charge in [-0.3, -0.25) is 0 Å². The average molecular weight is 355 g/mol. The Hall–Kier alpha value is -1.31. The van der Waals surface area contributed by atoms with E-state index in [1.807, 2.05) is 0 Å². The van der Waals surface area contributed by atoms with Gasteiger partial charge in [0.2, 0.25) is 10.0 Å². The molecule has 0 amide bonds. The molecule has 2 fully saturated rings. The van der Waals surface area contributed by atoms with E-state index in [1.54, 1.807) is 23.5 Å². The molecular weight excluding hydrogens is 330 g/mol. The highest BCUT2D eigenvalue weighted by atomic mass is 32.2. The molecule has 134 valence electrons. The molecule has 1 unspecified atom stereocenters. The number of rotatable bonds is 5. The van der Waals surface area contributed by atoms with E-state index < -0.39 is 10.0 Å². The van der Waals surface area contributed by atoms with Crippen molar-refractivity contribution < 1.29 is 22.6 Å². The van der Waals surface area contributed by atoms with Gasteiger partial charge in [-0.05, 0) is 43.2 Å². The van der Waals surface area contributed by atoms with E-state index in [9.17, 15) is 8.42 Å². The van der Waals surface area contributed by atoms with Gasteiger partial charge in [0.25, 0.3) is 0 Å². The SMILES string of the molecule is COc1ccc(OC)c(S(=O)(=O)N2CCC3(CCC3OC)CC2)c1. The molecule has 1 spiro atoms. The Bertz CT molecular complexity index is 693. The fourth-order valence-electron chi connectivity index (χ4n) is 3.91. The van der Waals surface area contributed by atoms with Crippen LogP contribution >= 0.6 is 0 Å². The smallest absolute Gasteiger partial charge is 0.246 e. The number of sulfonamides is 1. The molecular formula is C17H25NO5S. The third kappa shape index (κ3) is 2.78. The maximum Gasteiger partial charge on any atom is 0.246 e. The summed E-state index contributed by atoms with van der Waals surface area (Å²) in [6.07, 6.45) is 4.16. The van der Waals surface area contributed by atoms with Crippen molar-refractivity contribution in [2.75, 3.05) is 34.4 Å². The summed E-state index contributed by atoms with van der Waals surface area (Å²) in [5, 5.41) is 0. The van der Waals surface area contributed by atoms with E-state index in [1.165, 1.54) is 20.3 Å². The Balaban J connectivity index is 1.82. The van der Waals surface area contributed by atoms with Crippen molar-refractivity contribution in [3.8, 4) is 11.5 Å². The number of ether oxygens (including phenoxy) is 3. The van der Waals surface area contributed by atoms with Crippen LogP contribution in [0.15, 0.2) is 23.1 Å².